The van der Waals surface area contributed by atoms with Gasteiger partial charge in [-0.1, -0.05) is 19.8 Å². The SMILES string of the molecule is CCC(CC1CC1)NC(=O)N(CC(=O)O)CC(F)(F)F. The third-order valence-corrected chi connectivity index (χ3v) is 3.12. The van der Waals surface area contributed by atoms with Crippen LogP contribution in [0.5, 0.6) is 0 Å². The maximum absolute atomic E-state index is 12.3. The molecule has 0 aliphatic heterocycles. The molecule has 1 fully saturated rings. The van der Waals surface area contributed by atoms with E-state index in [1.807, 2.05) is 6.92 Å². The smallest absolute Gasteiger partial charge is 0.406 e. The van der Waals surface area contributed by atoms with Gasteiger partial charge < -0.3 is 15.3 Å². The number of carbonyl (C=O) groups is 2. The molecule has 1 unspecified atom stereocenters. The predicted octanol–water partition coefficient (Wildman–Crippen LogP) is 2.22. The van der Waals surface area contributed by atoms with Crippen LogP contribution < -0.4 is 5.32 Å². The Morgan fingerprint density at radius 3 is 2.40 bits per heavy atom. The van der Waals surface area contributed by atoms with Crippen molar-refractivity contribution in [2.24, 2.45) is 5.92 Å². The number of urea groups is 1. The zero-order valence-electron chi connectivity index (χ0n) is 11.2. The lowest BCUT2D eigenvalue weighted by atomic mass is 10.1. The molecule has 0 radical (unpaired) electrons. The zero-order valence-corrected chi connectivity index (χ0v) is 11.2. The second-order valence-electron chi connectivity index (χ2n) is 5.10. The van der Waals surface area contributed by atoms with Crippen molar-refractivity contribution >= 4 is 12.0 Å². The average Bonchev–Trinajstić information content (AvgIpc) is 3.08. The monoisotopic (exact) mass is 296 g/mol. The van der Waals surface area contributed by atoms with E-state index in [0.29, 0.717) is 12.3 Å². The number of alkyl halides is 3. The second kappa shape index (κ2) is 6.81. The van der Waals surface area contributed by atoms with Crippen LogP contribution in [0, 0.1) is 5.92 Å². The van der Waals surface area contributed by atoms with Gasteiger partial charge >= 0.3 is 18.2 Å². The van der Waals surface area contributed by atoms with Crippen molar-refractivity contribution in [2.75, 3.05) is 13.1 Å². The second-order valence-corrected chi connectivity index (χ2v) is 5.10. The highest BCUT2D eigenvalue weighted by Crippen LogP contribution is 2.34. The van der Waals surface area contributed by atoms with Crippen molar-refractivity contribution in [1.29, 1.82) is 0 Å². The first-order valence-electron chi connectivity index (χ1n) is 6.55. The molecule has 0 aromatic carbocycles. The fraction of sp³-hybridized carbons (Fsp3) is 0.833. The summed E-state index contributed by atoms with van der Waals surface area (Å²) in [5, 5.41) is 11.1. The van der Waals surface area contributed by atoms with Crippen LogP contribution in [0.4, 0.5) is 18.0 Å². The molecule has 5 nitrogen and oxygen atoms in total. The van der Waals surface area contributed by atoms with E-state index in [0.717, 1.165) is 19.3 Å². The Labute approximate surface area is 115 Å². The number of amides is 2. The third kappa shape index (κ3) is 6.63. The van der Waals surface area contributed by atoms with Gasteiger partial charge in [-0.15, -0.1) is 0 Å². The summed E-state index contributed by atoms with van der Waals surface area (Å²) < 4.78 is 37.0. The van der Waals surface area contributed by atoms with Crippen LogP contribution in [-0.2, 0) is 4.79 Å². The van der Waals surface area contributed by atoms with E-state index in [4.69, 9.17) is 5.11 Å². The number of nitrogens with one attached hydrogen (secondary N) is 1. The van der Waals surface area contributed by atoms with Gasteiger partial charge in [0.2, 0.25) is 0 Å². The molecule has 0 aromatic heterocycles. The summed E-state index contributed by atoms with van der Waals surface area (Å²) in [6.45, 7) is -0.700. The molecule has 0 bridgehead atoms. The van der Waals surface area contributed by atoms with Crippen molar-refractivity contribution in [2.45, 2.75) is 44.8 Å². The molecule has 20 heavy (non-hydrogen) atoms. The number of hydrogen-bond donors (Lipinski definition) is 2. The minimum Gasteiger partial charge on any atom is -0.480 e. The molecule has 1 rings (SSSR count). The van der Waals surface area contributed by atoms with Crippen molar-refractivity contribution in [1.82, 2.24) is 10.2 Å². The van der Waals surface area contributed by atoms with E-state index in [-0.39, 0.29) is 10.9 Å². The van der Waals surface area contributed by atoms with Crippen LogP contribution in [0.3, 0.4) is 0 Å². The minimum atomic E-state index is -4.62. The Morgan fingerprint density at radius 1 is 1.40 bits per heavy atom. The molecule has 116 valence electrons. The summed E-state index contributed by atoms with van der Waals surface area (Å²) in [7, 11) is 0. The molecule has 8 heteroatoms. The summed E-state index contributed by atoms with van der Waals surface area (Å²) >= 11 is 0. The van der Waals surface area contributed by atoms with Crippen molar-refractivity contribution in [3.05, 3.63) is 0 Å². The highest BCUT2D eigenvalue weighted by Gasteiger charge is 2.35. The number of nitrogens with zero attached hydrogens (tertiary/aromatic N) is 1. The van der Waals surface area contributed by atoms with Gasteiger partial charge in [-0.25, -0.2) is 4.79 Å². The summed E-state index contributed by atoms with van der Waals surface area (Å²) in [5.74, 6) is -0.949. The first-order valence-corrected chi connectivity index (χ1v) is 6.55. The van der Waals surface area contributed by atoms with Crippen molar-refractivity contribution in [3.63, 3.8) is 0 Å². The van der Waals surface area contributed by atoms with Gasteiger partial charge in [0.05, 0.1) is 0 Å². The molecular formula is C12H19F3N2O3. The quantitative estimate of drug-likeness (QED) is 0.757. The Bertz CT molecular complexity index is 356. The van der Waals surface area contributed by atoms with E-state index in [1.54, 1.807) is 0 Å². The number of aliphatic carboxylic acids is 1. The number of carbonyl (C=O) groups excluding carboxylic acids is 1. The Kier molecular flexibility index (Phi) is 5.64. The number of carboxylic acids is 1. The van der Waals surface area contributed by atoms with Crippen LogP contribution in [-0.4, -0.2) is 47.3 Å². The van der Waals surface area contributed by atoms with Crippen LogP contribution in [0.2, 0.25) is 0 Å². The predicted molar refractivity (Wildman–Crippen MR) is 65.2 cm³/mol. The van der Waals surface area contributed by atoms with Gasteiger partial charge in [0.1, 0.15) is 13.1 Å². The van der Waals surface area contributed by atoms with Gasteiger partial charge in [0, 0.05) is 6.04 Å². The Balaban J connectivity index is 2.57. The number of hydrogen-bond acceptors (Lipinski definition) is 2. The molecule has 0 aromatic rings. The third-order valence-electron chi connectivity index (χ3n) is 3.12. The maximum atomic E-state index is 12.3. The number of rotatable bonds is 7. The first-order chi connectivity index (χ1) is 9.21. The minimum absolute atomic E-state index is 0.209. The van der Waals surface area contributed by atoms with Crippen LogP contribution in [0.1, 0.15) is 32.6 Å². The zero-order chi connectivity index (χ0) is 15.3. The fourth-order valence-electron chi connectivity index (χ4n) is 1.93. The van der Waals surface area contributed by atoms with Gasteiger partial charge in [-0.05, 0) is 18.8 Å². The van der Waals surface area contributed by atoms with Crippen LogP contribution >= 0.6 is 0 Å². The summed E-state index contributed by atoms with van der Waals surface area (Å²) in [6, 6.07) is -1.18. The fourth-order valence-corrected chi connectivity index (χ4v) is 1.93. The molecule has 1 saturated carbocycles. The maximum Gasteiger partial charge on any atom is 0.406 e. The number of halogens is 3. The van der Waals surface area contributed by atoms with Crippen LogP contribution in [0.25, 0.3) is 0 Å². The molecule has 2 N–H and O–H groups in total. The van der Waals surface area contributed by atoms with Gasteiger partial charge in [0.15, 0.2) is 0 Å². The average molecular weight is 296 g/mol. The summed E-state index contributed by atoms with van der Waals surface area (Å²) in [6.07, 6.45) is -1.13. The van der Waals surface area contributed by atoms with E-state index in [1.165, 1.54) is 0 Å². The topological polar surface area (TPSA) is 69.6 Å². The molecule has 0 saturated heterocycles. The van der Waals surface area contributed by atoms with Gasteiger partial charge in [-0.3, -0.25) is 4.79 Å². The lowest BCUT2D eigenvalue weighted by Gasteiger charge is -2.25. The van der Waals surface area contributed by atoms with E-state index < -0.39 is 31.3 Å². The van der Waals surface area contributed by atoms with Gasteiger partial charge in [0.25, 0.3) is 0 Å². The van der Waals surface area contributed by atoms with E-state index in [2.05, 4.69) is 5.32 Å². The number of carboxylic acid groups (broad SMARTS) is 1. The Hall–Kier alpha value is -1.47. The molecular weight excluding hydrogens is 277 g/mol. The molecule has 0 spiro atoms. The molecule has 1 atom stereocenters. The lowest BCUT2D eigenvalue weighted by molar-refractivity contribution is -0.149. The highest BCUT2D eigenvalue weighted by molar-refractivity contribution is 5.80. The summed E-state index contributed by atoms with van der Waals surface area (Å²) in [4.78, 5) is 22.6. The Morgan fingerprint density at radius 2 is 2.00 bits per heavy atom. The van der Waals surface area contributed by atoms with E-state index >= 15 is 0 Å². The molecule has 0 heterocycles. The van der Waals surface area contributed by atoms with Crippen molar-refractivity contribution in [3.8, 4) is 0 Å². The first kappa shape index (κ1) is 16.6. The van der Waals surface area contributed by atoms with Gasteiger partial charge in [-0.2, -0.15) is 13.2 Å². The molecule has 1 aliphatic rings. The molecule has 2 amide bonds. The largest absolute Gasteiger partial charge is 0.480 e. The lowest BCUT2D eigenvalue weighted by Crippen LogP contribution is -2.49. The standard InChI is InChI=1S/C12H19F3N2O3/c1-2-9(5-8-3-4-8)16-11(20)17(6-10(18)19)7-12(13,14)15/h8-9H,2-7H2,1H3,(H,16,20)(H,18,19). The molecule has 1 aliphatic carbocycles. The summed E-state index contributed by atoms with van der Waals surface area (Å²) in [5.41, 5.74) is 0. The normalized spacial score (nSPS) is 16.6. The highest BCUT2D eigenvalue weighted by atomic mass is 19.4. The van der Waals surface area contributed by atoms with Crippen molar-refractivity contribution < 1.29 is 27.9 Å². The van der Waals surface area contributed by atoms with Crippen LogP contribution in [0.15, 0.2) is 0 Å². The van der Waals surface area contributed by atoms with E-state index in [9.17, 15) is 22.8 Å².